The average molecular weight is 465 g/mol. The first-order valence-corrected chi connectivity index (χ1v) is 10.7. The van der Waals surface area contributed by atoms with Crippen LogP contribution in [0.5, 0.6) is 5.88 Å². The van der Waals surface area contributed by atoms with Crippen LogP contribution in [0, 0.1) is 0 Å². The van der Waals surface area contributed by atoms with Gasteiger partial charge in [-0.15, -0.1) is 0 Å². The summed E-state index contributed by atoms with van der Waals surface area (Å²) in [6, 6.07) is 11.5. The molecule has 0 aliphatic carbocycles. The molecule has 0 saturated carbocycles. The van der Waals surface area contributed by atoms with Crippen molar-refractivity contribution < 1.29 is 18.6 Å². The Morgan fingerprint density at radius 1 is 1.16 bits per heavy atom. The van der Waals surface area contributed by atoms with Crippen molar-refractivity contribution in [1.29, 1.82) is 0 Å². The Balaban J connectivity index is 1.95. The van der Waals surface area contributed by atoms with Gasteiger partial charge in [0.2, 0.25) is 15.9 Å². The smallest absolute Gasteiger partial charge is 0.335 e. The van der Waals surface area contributed by atoms with Gasteiger partial charge in [0, 0.05) is 17.8 Å². The lowest BCUT2D eigenvalue weighted by atomic mass is 10.3. The summed E-state index contributed by atoms with van der Waals surface area (Å²) in [4.78, 5) is 30.5. The van der Waals surface area contributed by atoms with Crippen molar-refractivity contribution in [2.24, 2.45) is 4.99 Å². The highest BCUT2D eigenvalue weighted by Crippen LogP contribution is 2.20. The molecule has 4 N–H and O–H groups in total. The molecule has 0 saturated heterocycles. The summed E-state index contributed by atoms with van der Waals surface area (Å²) < 4.78 is 27.1. The van der Waals surface area contributed by atoms with Crippen molar-refractivity contribution in [1.82, 2.24) is 14.3 Å². The van der Waals surface area contributed by atoms with Crippen LogP contribution >= 0.6 is 11.6 Å². The number of aliphatic imine (C=N–C) groups is 1. The number of hydrogen-bond donors (Lipinski definition) is 4. The van der Waals surface area contributed by atoms with E-state index >= 15 is 0 Å². The van der Waals surface area contributed by atoms with Crippen LogP contribution in [0.4, 0.5) is 5.69 Å². The molecular formula is C19H17ClN4O6S. The topological polar surface area (TPSA) is 154 Å². The molecule has 1 aromatic heterocycles. The molecule has 0 atom stereocenters. The summed E-state index contributed by atoms with van der Waals surface area (Å²) >= 11 is 5.93. The van der Waals surface area contributed by atoms with Gasteiger partial charge in [-0.05, 0) is 42.5 Å². The van der Waals surface area contributed by atoms with Crippen LogP contribution in [0.15, 0.2) is 68.0 Å². The predicted molar refractivity (Wildman–Crippen MR) is 115 cm³/mol. The molecule has 31 heavy (non-hydrogen) atoms. The van der Waals surface area contributed by atoms with E-state index in [1.165, 1.54) is 36.4 Å². The molecule has 12 heteroatoms. The lowest BCUT2D eigenvalue weighted by Crippen LogP contribution is -2.31. The summed E-state index contributed by atoms with van der Waals surface area (Å²) in [6.45, 7) is -0.455. The number of nitrogens with one attached hydrogen (secondary N) is 2. The van der Waals surface area contributed by atoms with Crippen molar-refractivity contribution in [3.8, 4) is 11.6 Å². The summed E-state index contributed by atoms with van der Waals surface area (Å²) in [5.74, 6) is -0.632. The SMILES string of the molecule is O=c1[nH]c(=O)n(-c2cccc(Cl)c2)c(O)c1C=Nc1ccc(S(=O)(=O)NCCO)cc1. The van der Waals surface area contributed by atoms with Gasteiger partial charge in [0.05, 0.1) is 22.9 Å². The Morgan fingerprint density at radius 2 is 1.87 bits per heavy atom. The van der Waals surface area contributed by atoms with Crippen molar-refractivity contribution in [3.05, 3.63) is 80.0 Å². The largest absolute Gasteiger partial charge is 0.493 e. The van der Waals surface area contributed by atoms with Crippen molar-refractivity contribution in [3.63, 3.8) is 0 Å². The van der Waals surface area contributed by atoms with E-state index in [0.717, 1.165) is 10.8 Å². The van der Waals surface area contributed by atoms with Gasteiger partial charge in [-0.1, -0.05) is 17.7 Å². The number of sulfonamides is 1. The standard InChI is InChI=1S/C19H17ClN4O6S/c20-12-2-1-3-14(10-12)24-18(27)16(17(26)23-19(24)28)11-21-13-4-6-15(7-5-13)31(29,30)22-8-9-25/h1-7,10-11,22,25,27H,8-9H2,(H,23,26,28). The lowest BCUT2D eigenvalue weighted by molar-refractivity contribution is 0.301. The van der Waals surface area contributed by atoms with Crippen LogP contribution in [-0.2, 0) is 10.0 Å². The molecule has 0 spiro atoms. The van der Waals surface area contributed by atoms with Crippen LogP contribution in [0.2, 0.25) is 5.02 Å². The molecule has 1 heterocycles. The number of nitrogens with zero attached hydrogens (tertiary/aromatic N) is 2. The summed E-state index contributed by atoms with van der Waals surface area (Å²) in [7, 11) is -3.77. The highest BCUT2D eigenvalue weighted by atomic mass is 35.5. The zero-order valence-electron chi connectivity index (χ0n) is 15.8. The fourth-order valence-electron chi connectivity index (χ4n) is 2.62. The molecule has 10 nitrogen and oxygen atoms in total. The molecule has 3 aromatic rings. The monoisotopic (exact) mass is 464 g/mol. The number of benzene rings is 2. The van der Waals surface area contributed by atoms with Crippen LogP contribution in [0.3, 0.4) is 0 Å². The second-order valence-electron chi connectivity index (χ2n) is 6.19. The number of H-pyrrole nitrogens is 1. The highest BCUT2D eigenvalue weighted by molar-refractivity contribution is 7.89. The van der Waals surface area contributed by atoms with E-state index in [-0.39, 0.29) is 29.3 Å². The van der Waals surface area contributed by atoms with Gasteiger partial charge in [-0.25, -0.2) is 22.5 Å². The third-order valence-corrected chi connectivity index (χ3v) is 5.79. The van der Waals surface area contributed by atoms with Gasteiger partial charge in [0.15, 0.2) is 0 Å². The summed E-state index contributed by atoms with van der Waals surface area (Å²) in [5, 5.41) is 19.6. The summed E-state index contributed by atoms with van der Waals surface area (Å²) in [5.41, 5.74) is -1.45. The van der Waals surface area contributed by atoms with Gasteiger partial charge in [-0.2, -0.15) is 0 Å². The van der Waals surface area contributed by atoms with Gasteiger partial charge in [0.25, 0.3) is 5.56 Å². The molecule has 0 unspecified atom stereocenters. The number of aromatic nitrogens is 2. The minimum absolute atomic E-state index is 0.0323. The number of aliphatic hydroxyl groups is 1. The molecule has 3 rings (SSSR count). The molecule has 0 fully saturated rings. The van der Waals surface area contributed by atoms with E-state index in [9.17, 15) is 23.1 Å². The number of rotatable bonds is 7. The van der Waals surface area contributed by atoms with Gasteiger partial charge >= 0.3 is 5.69 Å². The minimum Gasteiger partial charge on any atom is -0.493 e. The molecule has 0 aliphatic rings. The molecule has 2 aromatic carbocycles. The molecule has 0 aliphatic heterocycles. The van der Waals surface area contributed by atoms with Gasteiger partial charge < -0.3 is 10.2 Å². The molecule has 0 radical (unpaired) electrons. The second-order valence-corrected chi connectivity index (χ2v) is 8.39. The Hall–Kier alpha value is -3.25. The molecule has 0 bridgehead atoms. The molecule has 162 valence electrons. The van der Waals surface area contributed by atoms with Crippen LogP contribution < -0.4 is 16.0 Å². The fourth-order valence-corrected chi connectivity index (χ4v) is 3.83. The number of hydrogen-bond acceptors (Lipinski definition) is 7. The average Bonchev–Trinajstić information content (AvgIpc) is 2.72. The number of aromatic hydroxyl groups is 1. The van der Waals surface area contributed by atoms with E-state index in [1.807, 2.05) is 0 Å². The number of aromatic amines is 1. The van der Waals surface area contributed by atoms with Crippen molar-refractivity contribution in [2.75, 3.05) is 13.2 Å². The zero-order chi connectivity index (χ0) is 22.6. The summed E-state index contributed by atoms with van der Waals surface area (Å²) in [6.07, 6.45) is 1.06. The van der Waals surface area contributed by atoms with E-state index in [1.54, 1.807) is 12.1 Å². The van der Waals surface area contributed by atoms with Gasteiger partial charge in [0.1, 0.15) is 5.56 Å². The van der Waals surface area contributed by atoms with Crippen LogP contribution in [-0.4, -0.2) is 47.5 Å². The molecule has 0 amide bonds. The first-order chi connectivity index (χ1) is 14.7. The Labute approximate surface area is 181 Å². The maximum absolute atomic E-state index is 12.2. The third kappa shape index (κ3) is 5.09. The fraction of sp³-hybridized carbons (Fsp3) is 0.105. The van der Waals surface area contributed by atoms with Crippen molar-refractivity contribution in [2.45, 2.75) is 4.90 Å². The lowest BCUT2D eigenvalue weighted by Gasteiger charge is -2.09. The minimum atomic E-state index is -3.77. The second kappa shape index (κ2) is 9.27. The first kappa shape index (κ1) is 22.4. The normalized spacial score (nSPS) is 11.8. The highest BCUT2D eigenvalue weighted by Gasteiger charge is 2.15. The third-order valence-electron chi connectivity index (χ3n) is 4.08. The molecular weight excluding hydrogens is 448 g/mol. The number of halogens is 1. The maximum Gasteiger partial charge on any atom is 0.335 e. The Bertz CT molecular complexity index is 1350. The Kier molecular flexibility index (Phi) is 6.71. The van der Waals surface area contributed by atoms with E-state index in [0.29, 0.717) is 10.7 Å². The predicted octanol–water partition coefficient (Wildman–Crippen LogP) is 0.906. The first-order valence-electron chi connectivity index (χ1n) is 8.82. The zero-order valence-corrected chi connectivity index (χ0v) is 17.4. The quantitative estimate of drug-likeness (QED) is 0.381. The van der Waals surface area contributed by atoms with E-state index in [4.69, 9.17) is 16.7 Å². The maximum atomic E-state index is 12.2. The van der Waals surface area contributed by atoms with Gasteiger partial charge in [-0.3, -0.25) is 14.8 Å². The Morgan fingerprint density at radius 3 is 2.52 bits per heavy atom. The number of aliphatic hydroxyl groups excluding tert-OH is 1. The van der Waals surface area contributed by atoms with Crippen molar-refractivity contribution >= 4 is 33.5 Å². The van der Waals surface area contributed by atoms with Crippen LogP contribution in [0.25, 0.3) is 5.69 Å². The van der Waals surface area contributed by atoms with Crippen LogP contribution in [0.1, 0.15) is 5.56 Å². The van der Waals surface area contributed by atoms with E-state index in [2.05, 4.69) is 14.7 Å². The van der Waals surface area contributed by atoms with E-state index < -0.39 is 27.2 Å².